The van der Waals surface area contributed by atoms with Gasteiger partial charge in [0.05, 0.1) is 6.54 Å². The lowest BCUT2D eigenvalue weighted by molar-refractivity contribution is 1.22. The highest BCUT2D eigenvalue weighted by Gasteiger charge is 1.84. The predicted octanol–water partition coefficient (Wildman–Crippen LogP) is 2.85. The molecule has 0 N–H and O–H groups in total. The molecule has 0 aliphatic rings. The molecule has 0 rings (SSSR count). The molecule has 0 aliphatic carbocycles. The van der Waals surface area contributed by atoms with Crippen LogP contribution >= 0.6 is 0 Å². The molecule has 0 heterocycles. The van der Waals surface area contributed by atoms with Gasteiger partial charge in [-0.1, -0.05) is 13.2 Å². The zero-order valence-electron chi connectivity index (χ0n) is 10.4. The lowest BCUT2D eigenvalue weighted by Gasteiger charge is -1.90. The van der Waals surface area contributed by atoms with Gasteiger partial charge in [0.15, 0.2) is 0 Å². The fourth-order valence-electron chi connectivity index (χ4n) is 0.769. The quantitative estimate of drug-likeness (QED) is 0.477. The van der Waals surface area contributed by atoms with Crippen molar-refractivity contribution >= 4 is 24.5 Å². The summed E-state index contributed by atoms with van der Waals surface area (Å²) in [4.78, 5) is 16.0. The van der Waals surface area contributed by atoms with Crippen LogP contribution in [0.15, 0.2) is 57.2 Å². The van der Waals surface area contributed by atoms with Crippen molar-refractivity contribution in [2.24, 2.45) is 20.0 Å². The van der Waals surface area contributed by atoms with Crippen molar-refractivity contribution in [2.45, 2.75) is 13.8 Å². The summed E-state index contributed by atoms with van der Waals surface area (Å²) < 4.78 is 0. The summed E-state index contributed by atoms with van der Waals surface area (Å²) in [6, 6.07) is 0. The van der Waals surface area contributed by atoms with Crippen molar-refractivity contribution in [3.05, 3.63) is 37.2 Å². The first kappa shape index (κ1) is 14.9. The molecule has 0 aliphatic heterocycles. The molecule has 0 amide bonds. The Labute approximate surface area is 103 Å². The van der Waals surface area contributed by atoms with Gasteiger partial charge in [-0.05, 0) is 25.5 Å². The molecule has 0 radical (unpaired) electrons. The maximum Gasteiger partial charge on any atom is 0.110 e. The van der Waals surface area contributed by atoms with Crippen molar-refractivity contribution in [1.82, 2.24) is 0 Å². The van der Waals surface area contributed by atoms with E-state index in [2.05, 4.69) is 33.1 Å². The first-order valence-corrected chi connectivity index (χ1v) is 5.19. The summed E-state index contributed by atoms with van der Waals surface area (Å²) in [5, 5.41) is 0. The molecule has 90 valence electrons. The largest absolute Gasteiger partial charge is 0.269 e. The van der Waals surface area contributed by atoms with Gasteiger partial charge in [0.25, 0.3) is 0 Å². The molecule has 0 aromatic heterocycles. The van der Waals surface area contributed by atoms with Gasteiger partial charge in [-0.3, -0.25) is 15.0 Å². The number of aliphatic imine (C=N–C) groups is 4. The highest BCUT2D eigenvalue weighted by Crippen LogP contribution is 1.87. The first-order chi connectivity index (χ1) is 8.20. The van der Waals surface area contributed by atoms with E-state index >= 15 is 0 Å². The van der Waals surface area contributed by atoms with Crippen LogP contribution in [-0.4, -0.2) is 31.0 Å². The van der Waals surface area contributed by atoms with E-state index in [0.717, 1.165) is 11.3 Å². The molecule has 0 aromatic rings. The molecule has 0 saturated heterocycles. The Kier molecular flexibility index (Phi) is 9.13. The van der Waals surface area contributed by atoms with E-state index in [1.165, 1.54) is 12.5 Å². The molecule has 0 atom stereocenters. The minimum Gasteiger partial charge on any atom is -0.269 e. The van der Waals surface area contributed by atoms with E-state index in [9.17, 15) is 0 Å². The fourth-order valence-corrected chi connectivity index (χ4v) is 0.769. The molecule has 0 aromatic carbocycles. The summed E-state index contributed by atoms with van der Waals surface area (Å²) in [7, 11) is 0. The van der Waals surface area contributed by atoms with Crippen LogP contribution < -0.4 is 0 Å². The summed E-state index contributed by atoms with van der Waals surface area (Å²) in [6.07, 6.45) is 9.78. The molecule has 4 nitrogen and oxygen atoms in total. The maximum absolute atomic E-state index is 4.11. The van der Waals surface area contributed by atoms with Crippen LogP contribution in [0.3, 0.4) is 0 Å². The lowest BCUT2D eigenvalue weighted by Crippen LogP contribution is -1.89. The van der Waals surface area contributed by atoms with Crippen molar-refractivity contribution in [3.8, 4) is 0 Å². The Hall–Kier alpha value is -2.10. The first-order valence-electron chi connectivity index (χ1n) is 5.19. The van der Waals surface area contributed by atoms with Crippen molar-refractivity contribution < 1.29 is 0 Å². The average molecular weight is 230 g/mol. The van der Waals surface area contributed by atoms with Gasteiger partial charge in [-0.25, -0.2) is 4.99 Å². The molecular formula is C13H18N4. The van der Waals surface area contributed by atoms with Crippen molar-refractivity contribution in [2.75, 3.05) is 6.54 Å². The van der Waals surface area contributed by atoms with Gasteiger partial charge < -0.3 is 0 Å². The van der Waals surface area contributed by atoms with Crippen molar-refractivity contribution in [1.29, 1.82) is 0 Å². The molecule has 0 fully saturated rings. The Bertz CT molecular complexity index is 384. The zero-order chi connectivity index (χ0) is 12.9. The second-order valence-electron chi connectivity index (χ2n) is 3.07. The van der Waals surface area contributed by atoms with Crippen LogP contribution in [0.5, 0.6) is 0 Å². The SMILES string of the molecule is C=C/N=C\C(=C)C\N=C/N=C(C)/C=C/N=C\C. The van der Waals surface area contributed by atoms with E-state index in [1.54, 1.807) is 24.7 Å². The Morgan fingerprint density at radius 3 is 2.71 bits per heavy atom. The standard InChI is InChI=1S/C13H18N4/c1-5-14-8-7-13(4)17-11-16-10-12(3)9-15-6-2/h5-9,11H,2-3,10H2,1,4H3/b8-7+,14-5-,15-9-,16-11-,17-13+. The topological polar surface area (TPSA) is 49.4 Å². The summed E-state index contributed by atoms with van der Waals surface area (Å²) >= 11 is 0. The number of hydrogen-bond donors (Lipinski definition) is 0. The van der Waals surface area contributed by atoms with Gasteiger partial charge >= 0.3 is 0 Å². The van der Waals surface area contributed by atoms with Gasteiger partial charge in [0, 0.05) is 30.5 Å². The summed E-state index contributed by atoms with van der Waals surface area (Å²) in [5.74, 6) is 0. The maximum atomic E-state index is 4.11. The third kappa shape index (κ3) is 10.2. The monoisotopic (exact) mass is 230 g/mol. The molecule has 0 spiro atoms. The summed E-state index contributed by atoms with van der Waals surface area (Å²) in [5.41, 5.74) is 1.64. The van der Waals surface area contributed by atoms with Crippen LogP contribution in [0.25, 0.3) is 0 Å². The number of allylic oxidation sites excluding steroid dienone is 1. The normalized spacial score (nSPS) is 13.4. The summed E-state index contributed by atoms with van der Waals surface area (Å²) in [6.45, 7) is 11.5. The lowest BCUT2D eigenvalue weighted by atomic mass is 10.3. The van der Waals surface area contributed by atoms with Gasteiger partial charge in [0.2, 0.25) is 0 Å². The third-order valence-electron chi connectivity index (χ3n) is 1.55. The number of nitrogens with zero attached hydrogens (tertiary/aromatic N) is 4. The Morgan fingerprint density at radius 1 is 1.29 bits per heavy atom. The highest BCUT2D eigenvalue weighted by atomic mass is 14.9. The van der Waals surface area contributed by atoms with Gasteiger partial charge in [-0.2, -0.15) is 0 Å². The molecule has 17 heavy (non-hydrogen) atoms. The fraction of sp³-hybridized carbons (Fsp3) is 0.231. The minimum atomic E-state index is 0.477. The van der Waals surface area contributed by atoms with E-state index in [1.807, 2.05) is 13.8 Å². The Balaban J connectivity index is 4.09. The molecule has 0 saturated carbocycles. The Morgan fingerprint density at radius 2 is 2.06 bits per heavy atom. The molecule has 4 heteroatoms. The smallest absolute Gasteiger partial charge is 0.110 e. The second-order valence-corrected chi connectivity index (χ2v) is 3.07. The van der Waals surface area contributed by atoms with E-state index in [0.29, 0.717) is 6.54 Å². The minimum absolute atomic E-state index is 0.477. The second kappa shape index (κ2) is 10.4. The van der Waals surface area contributed by atoms with Crippen LogP contribution in [0.1, 0.15) is 13.8 Å². The number of hydrogen-bond acceptors (Lipinski definition) is 3. The van der Waals surface area contributed by atoms with E-state index in [-0.39, 0.29) is 0 Å². The number of rotatable bonds is 7. The zero-order valence-corrected chi connectivity index (χ0v) is 10.4. The van der Waals surface area contributed by atoms with E-state index in [4.69, 9.17) is 0 Å². The van der Waals surface area contributed by atoms with E-state index < -0.39 is 0 Å². The highest BCUT2D eigenvalue weighted by molar-refractivity contribution is 5.97. The van der Waals surface area contributed by atoms with Gasteiger partial charge in [-0.15, -0.1) is 0 Å². The van der Waals surface area contributed by atoms with Crippen LogP contribution in [0, 0.1) is 0 Å². The third-order valence-corrected chi connectivity index (χ3v) is 1.55. The van der Waals surface area contributed by atoms with Crippen molar-refractivity contribution in [3.63, 3.8) is 0 Å². The van der Waals surface area contributed by atoms with Crippen LogP contribution in [0.2, 0.25) is 0 Å². The van der Waals surface area contributed by atoms with Gasteiger partial charge in [0.1, 0.15) is 6.34 Å². The predicted molar refractivity (Wildman–Crippen MR) is 77.6 cm³/mol. The molecule has 0 unspecified atom stereocenters. The molecule has 0 bridgehead atoms. The van der Waals surface area contributed by atoms with Crippen LogP contribution in [0.4, 0.5) is 0 Å². The average Bonchev–Trinajstić information content (AvgIpc) is 2.32. The molecular weight excluding hydrogens is 212 g/mol. The van der Waals surface area contributed by atoms with Crippen LogP contribution in [-0.2, 0) is 0 Å².